The number of nitrogens with one attached hydrogen (secondary N) is 2. The molecule has 2 amide bonds. The molecule has 0 saturated heterocycles. The Morgan fingerprint density at radius 1 is 1.45 bits per heavy atom. The number of aliphatic hydroxyl groups is 1. The second-order valence-electron chi connectivity index (χ2n) is 5.60. The predicted octanol–water partition coefficient (Wildman–Crippen LogP) is 2.38. The van der Waals surface area contributed by atoms with Crippen LogP contribution in [0.4, 0.5) is 4.79 Å². The summed E-state index contributed by atoms with van der Waals surface area (Å²) in [6.45, 7) is 4.09. The van der Waals surface area contributed by atoms with Crippen molar-refractivity contribution in [2.45, 2.75) is 45.2 Å². The van der Waals surface area contributed by atoms with E-state index in [2.05, 4.69) is 29.7 Å². The van der Waals surface area contributed by atoms with Gasteiger partial charge in [-0.1, -0.05) is 38.1 Å². The monoisotopic (exact) mass is 276 g/mol. The van der Waals surface area contributed by atoms with Gasteiger partial charge in [-0.15, -0.1) is 0 Å². The molecule has 4 heteroatoms. The van der Waals surface area contributed by atoms with Crippen LogP contribution in [0.25, 0.3) is 0 Å². The molecule has 2 rings (SSSR count). The number of carbonyl (C=O) groups is 1. The molecular formula is C16H24N2O2. The van der Waals surface area contributed by atoms with E-state index in [4.69, 9.17) is 5.11 Å². The minimum absolute atomic E-state index is 0.0271. The number of hydrogen-bond donors (Lipinski definition) is 3. The van der Waals surface area contributed by atoms with E-state index >= 15 is 0 Å². The molecule has 4 nitrogen and oxygen atoms in total. The van der Waals surface area contributed by atoms with Gasteiger partial charge in [0.25, 0.3) is 0 Å². The molecule has 1 aromatic carbocycles. The van der Waals surface area contributed by atoms with Crippen LogP contribution in [0.3, 0.4) is 0 Å². The van der Waals surface area contributed by atoms with Crippen molar-refractivity contribution in [3.63, 3.8) is 0 Å². The van der Waals surface area contributed by atoms with Crippen molar-refractivity contribution >= 4 is 6.03 Å². The van der Waals surface area contributed by atoms with Gasteiger partial charge in [0.15, 0.2) is 0 Å². The lowest BCUT2D eigenvalue weighted by atomic mass is 9.81. The van der Waals surface area contributed by atoms with Gasteiger partial charge < -0.3 is 15.7 Å². The first-order valence-electron chi connectivity index (χ1n) is 7.41. The van der Waals surface area contributed by atoms with Crippen LogP contribution >= 0.6 is 0 Å². The quantitative estimate of drug-likeness (QED) is 0.790. The summed E-state index contributed by atoms with van der Waals surface area (Å²) in [4.78, 5) is 12.1. The molecule has 0 saturated carbocycles. The van der Waals surface area contributed by atoms with E-state index in [1.54, 1.807) is 0 Å². The number of fused-ring (bicyclic) bond motifs is 1. The van der Waals surface area contributed by atoms with Crippen LogP contribution < -0.4 is 10.6 Å². The van der Waals surface area contributed by atoms with Gasteiger partial charge in [-0.05, 0) is 36.3 Å². The number of urea groups is 1. The molecule has 1 aromatic rings. The summed E-state index contributed by atoms with van der Waals surface area (Å²) in [6, 6.07) is 7.98. The molecule has 1 aliphatic rings. The van der Waals surface area contributed by atoms with Crippen molar-refractivity contribution in [2.24, 2.45) is 5.92 Å². The van der Waals surface area contributed by atoms with Crippen LogP contribution in [0.1, 0.15) is 43.9 Å². The van der Waals surface area contributed by atoms with E-state index in [0.717, 1.165) is 19.3 Å². The molecule has 1 aliphatic carbocycles. The minimum atomic E-state index is -0.195. The molecule has 110 valence electrons. The van der Waals surface area contributed by atoms with Crippen molar-refractivity contribution in [1.82, 2.24) is 10.6 Å². The molecular weight excluding hydrogens is 252 g/mol. The highest BCUT2D eigenvalue weighted by molar-refractivity contribution is 5.75. The molecule has 0 radical (unpaired) electrons. The fourth-order valence-electron chi connectivity index (χ4n) is 2.79. The Hall–Kier alpha value is -1.55. The highest BCUT2D eigenvalue weighted by Crippen LogP contribution is 2.33. The SMILES string of the molecule is CCC(CO)NC(=O)NC1c2ccccc2CCC1C. The molecule has 0 heterocycles. The number of carbonyl (C=O) groups excluding carboxylic acids is 1. The summed E-state index contributed by atoms with van der Waals surface area (Å²) in [6.07, 6.45) is 2.88. The highest BCUT2D eigenvalue weighted by Gasteiger charge is 2.27. The Morgan fingerprint density at radius 2 is 2.20 bits per heavy atom. The van der Waals surface area contributed by atoms with Crippen LogP contribution in [-0.4, -0.2) is 23.8 Å². The topological polar surface area (TPSA) is 61.4 Å². The van der Waals surface area contributed by atoms with E-state index in [1.165, 1.54) is 11.1 Å². The van der Waals surface area contributed by atoms with Gasteiger partial charge in [0, 0.05) is 0 Å². The van der Waals surface area contributed by atoms with E-state index in [0.29, 0.717) is 5.92 Å². The number of aliphatic hydroxyl groups excluding tert-OH is 1. The lowest BCUT2D eigenvalue weighted by molar-refractivity contribution is 0.207. The standard InChI is InChI=1S/C16H24N2O2/c1-3-13(10-19)17-16(20)18-15-11(2)8-9-12-6-4-5-7-14(12)15/h4-7,11,13,15,19H,3,8-10H2,1-2H3,(H2,17,18,20). The van der Waals surface area contributed by atoms with Crippen molar-refractivity contribution in [2.75, 3.05) is 6.61 Å². The molecule has 0 bridgehead atoms. The summed E-state index contributed by atoms with van der Waals surface area (Å²) in [5.41, 5.74) is 2.54. The fraction of sp³-hybridized carbons (Fsp3) is 0.562. The van der Waals surface area contributed by atoms with E-state index in [-0.39, 0.29) is 24.7 Å². The zero-order chi connectivity index (χ0) is 14.5. The van der Waals surface area contributed by atoms with Gasteiger partial charge >= 0.3 is 6.03 Å². The fourth-order valence-corrected chi connectivity index (χ4v) is 2.79. The normalized spacial score (nSPS) is 22.8. The van der Waals surface area contributed by atoms with E-state index < -0.39 is 0 Å². The minimum Gasteiger partial charge on any atom is -0.394 e. The first-order valence-corrected chi connectivity index (χ1v) is 7.41. The van der Waals surface area contributed by atoms with Crippen LogP contribution in [-0.2, 0) is 6.42 Å². The van der Waals surface area contributed by atoms with Crippen molar-refractivity contribution in [3.05, 3.63) is 35.4 Å². The maximum Gasteiger partial charge on any atom is 0.315 e. The highest BCUT2D eigenvalue weighted by atomic mass is 16.3. The first kappa shape index (κ1) is 14.9. The second kappa shape index (κ2) is 6.75. The summed E-state index contributed by atoms with van der Waals surface area (Å²) < 4.78 is 0. The molecule has 20 heavy (non-hydrogen) atoms. The maximum absolute atomic E-state index is 12.1. The third kappa shape index (κ3) is 3.31. The first-order chi connectivity index (χ1) is 9.65. The smallest absolute Gasteiger partial charge is 0.315 e. The van der Waals surface area contributed by atoms with Crippen LogP contribution in [0.5, 0.6) is 0 Å². The van der Waals surface area contributed by atoms with Crippen LogP contribution in [0.15, 0.2) is 24.3 Å². The van der Waals surface area contributed by atoms with Gasteiger partial charge in [-0.2, -0.15) is 0 Å². The summed E-state index contributed by atoms with van der Waals surface area (Å²) in [5.74, 6) is 0.421. The molecule has 3 N–H and O–H groups in total. The molecule has 0 fully saturated rings. The average molecular weight is 276 g/mol. The number of benzene rings is 1. The Morgan fingerprint density at radius 3 is 2.90 bits per heavy atom. The summed E-state index contributed by atoms with van der Waals surface area (Å²) in [5, 5.41) is 15.0. The zero-order valence-electron chi connectivity index (χ0n) is 12.2. The van der Waals surface area contributed by atoms with Crippen molar-refractivity contribution < 1.29 is 9.90 Å². The van der Waals surface area contributed by atoms with Gasteiger partial charge in [0.2, 0.25) is 0 Å². The Kier molecular flexibility index (Phi) is 5.01. The number of amides is 2. The number of rotatable bonds is 4. The summed E-state index contributed by atoms with van der Waals surface area (Å²) >= 11 is 0. The van der Waals surface area contributed by atoms with Crippen molar-refractivity contribution in [3.8, 4) is 0 Å². The molecule has 0 spiro atoms. The average Bonchev–Trinajstić information content (AvgIpc) is 2.47. The zero-order valence-corrected chi connectivity index (χ0v) is 12.2. The Bertz CT molecular complexity index is 458. The second-order valence-corrected chi connectivity index (χ2v) is 5.60. The Balaban J connectivity index is 2.06. The number of hydrogen-bond acceptors (Lipinski definition) is 2. The molecule has 0 aromatic heterocycles. The summed E-state index contributed by atoms with van der Waals surface area (Å²) in [7, 11) is 0. The van der Waals surface area contributed by atoms with Crippen LogP contribution in [0.2, 0.25) is 0 Å². The molecule has 3 atom stereocenters. The molecule has 3 unspecified atom stereocenters. The van der Waals surface area contributed by atoms with Gasteiger partial charge in [-0.25, -0.2) is 4.79 Å². The maximum atomic E-state index is 12.1. The third-order valence-electron chi connectivity index (χ3n) is 4.16. The third-order valence-corrected chi connectivity index (χ3v) is 4.16. The lowest BCUT2D eigenvalue weighted by Crippen LogP contribution is -2.46. The van der Waals surface area contributed by atoms with E-state index in [1.807, 2.05) is 19.1 Å². The van der Waals surface area contributed by atoms with Gasteiger partial charge in [0.1, 0.15) is 0 Å². The number of aryl methyl sites for hydroxylation is 1. The lowest BCUT2D eigenvalue weighted by Gasteiger charge is -2.32. The van der Waals surface area contributed by atoms with Gasteiger partial charge in [0.05, 0.1) is 18.7 Å². The Labute approximate surface area is 120 Å². The molecule has 0 aliphatic heterocycles. The van der Waals surface area contributed by atoms with E-state index in [9.17, 15) is 4.79 Å². The van der Waals surface area contributed by atoms with Crippen LogP contribution in [0, 0.1) is 5.92 Å². The van der Waals surface area contributed by atoms with Gasteiger partial charge in [-0.3, -0.25) is 0 Å². The predicted molar refractivity (Wildman–Crippen MR) is 79.5 cm³/mol. The largest absolute Gasteiger partial charge is 0.394 e. The van der Waals surface area contributed by atoms with Crippen molar-refractivity contribution in [1.29, 1.82) is 0 Å².